The van der Waals surface area contributed by atoms with Crippen LogP contribution in [-0.4, -0.2) is 29.9 Å². The number of nitrogens with one attached hydrogen (secondary N) is 1. The smallest absolute Gasteiger partial charge is 0.225 e. The average molecular weight is 339 g/mol. The third-order valence-corrected chi connectivity index (χ3v) is 5.34. The van der Waals surface area contributed by atoms with Crippen LogP contribution in [0.25, 0.3) is 0 Å². The Labute approximate surface area is 142 Å². The van der Waals surface area contributed by atoms with Gasteiger partial charge in [0.2, 0.25) is 5.91 Å². The number of hydrogen-bond donors (Lipinski definition) is 1. The minimum absolute atomic E-state index is 0.103. The molecule has 1 N–H and O–H groups in total. The second kappa shape index (κ2) is 6.78. The summed E-state index contributed by atoms with van der Waals surface area (Å²) >= 11 is 5.87. The number of hydrogen-bond acceptors (Lipinski definition) is 2. The van der Waals surface area contributed by atoms with Crippen molar-refractivity contribution in [3.8, 4) is 0 Å². The molecule has 0 spiro atoms. The van der Waals surface area contributed by atoms with Crippen molar-refractivity contribution in [3.63, 3.8) is 0 Å². The Morgan fingerprint density at radius 2 is 2.13 bits per heavy atom. The van der Waals surface area contributed by atoms with Crippen LogP contribution in [0, 0.1) is 17.7 Å². The van der Waals surface area contributed by atoms with Crippen LogP contribution in [0.3, 0.4) is 0 Å². The molecule has 3 nitrogen and oxygen atoms in total. The van der Waals surface area contributed by atoms with Crippen molar-refractivity contribution >= 4 is 17.5 Å². The van der Waals surface area contributed by atoms with Crippen molar-refractivity contribution in [3.05, 3.63) is 34.6 Å². The Kier molecular flexibility index (Phi) is 4.93. The van der Waals surface area contributed by atoms with E-state index in [0.29, 0.717) is 23.8 Å². The molecule has 1 aromatic rings. The zero-order chi connectivity index (χ0) is 16.6. The minimum atomic E-state index is -0.386. The minimum Gasteiger partial charge on any atom is -0.342 e. The molecular formula is C18H24ClFN2O. The second-order valence-corrected chi connectivity index (χ2v) is 7.40. The van der Waals surface area contributed by atoms with Crippen LogP contribution in [0.5, 0.6) is 0 Å². The van der Waals surface area contributed by atoms with E-state index in [1.807, 2.05) is 4.90 Å². The highest BCUT2D eigenvalue weighted by Gasteiger charge is 2.37. The molecule has 5 heteroatoms. The van der Waals surface area contributed by atoms with Gasteiger partial charge in [-0.25, -0.2) is 4.39 Å². The predicted octanol–water partition coefficient (Wildman–Crippen LogP) is 3.78. The zero-order valence-electron chi connectivity index (χ0n) is 13.7. The summed E-state index contributed by atoms with van der Waals surface area (Å²) in [4.78, 5) is 14.2. The van der Waals surface area contributed by atoms with E-state index in [9.17, 15) is 9.18 Å². The van der Waals surface area contributed by atoms with Gasteiger partial charge in [-0.05, 0) is 49.8 Å². The van der Waals surface area contributed by atoms with E-state index < -0.39 is 0 Å². The lowest BCUT2D eigenvalue weighted by Gasteiger charge is -2.39. The quantitative estimate of drug-likeness (QED) is 0.906. The lowest BCUT2D eigenvalue weighted by molar-refractivity contribution is -0.134. The van der Waals surface area contributed by atoms with Gasteiger partial charge in [0, 0.05) is 31.1 Å². The fraction of sp³-hybridized carbons (Fsp3) is 0.611. The van der Waals surface area contributed by atoms with E-state index in [1.165, 1.54) is 6.07 Å². The van der Waals surface area contributed by atoms with Crippen molar-refractivity contribution in [1.82, 2.24) is 10.2 Å². The molecule has 1 aliphatic heterocycles. The molecule has 0 radical (unpaired) electrons. The molecule has 2 fully saturated rings. The van der Waals surface area contributed by atoms with Gasteiger partial charge in [-0.3, -0.25) is 4.79 Å². The molecule has 1 aromatic carbocycles. The van der Waals surface area contributed by atoms with Crippen LogP contribution < -0.4 is 5.32 Å². The van der Waals surface area contributed by atoms with Crippen LogP contribution >= 0.6 is 11.6 Å². The summed E-state index contributed by atoms with van der Waals surface area (Å²) in [6.45, 7) is 5.91. The molecule has 1 aliphatic carbocycles. The number of benzene rings is 1. The predicted molar refractivity (Wildman–Crippen MR) is 89.8 cm³/mol. The molecule has 3 rings (SSSR count). The first kappa shape index (κ1) is 16.7. The summed E-state index contributed by atoms with van der Waals surface area (Å²) in [7, 11) is 0. The van der Waals surface area contributed by atoms with E-state index >= 15 is 0 Å². The summed E-state index contributed by atoms with van der Waals surface area (Å²) in [5.41, 5.74) is 0.986. The van der Waals surface area contributed by atoms with Gasteiger partial charge in [0.1, 0.15) is 5.82 Å². The Bertz CT molecular complexity index is 590. The lowest BCUT2D eigenvalue weighted by atomic mass is 9.92. The highest BCUT2D eigenvalue weighted by molar-refractivity contribution is 6.30. The fourth-order valence-electron chi connectivity index (χ4n) is 3.38. The number of piperidine rings is 1. The number of amides is 1. The van der Waals surface area contributed by atoms with Crippen LogP contribution in [0.2, 0.25) is 5.02 Å². The number of carbonyl (C=O) groups is 1. The van der Waals surface area contributed by atoms with Crippen LogP contribution in [0.1, 0.15) is 44.7 Å². The summed E-state index contributed by atoms with van der Waals surface area (Å²) in [6.07, 6.45) is 3.08. The number of carbonyl (C=O) groups excluding carboxylic acids is 1. The molecule has 1 amide bonds. The van der Waals surface area contributed by atoms with Gasteiger partial charge in [0.25, 0.3) is 0 Å². The molecule has 3 atom stereocenters. The molecule has 126 valence electrons. The summed E-state index contributed by atoms with van der Waals surface area (Å²) in [5.74, 6) is 0.661. The SMILES string of the molecule is C[C@H](N[C@@H]1CCN(C(=O)C2CC2)C[C@H]1C)c1ccc(F)c(Cl)c1. The van der Waals surface area contributed by atoms with Crippen LogP contribution in [0.15, 0.2) is 18.2 Å². The Balaban J connectivity index is 1.57. The van der Waals surface area contributed by atoms with Crippen LogP contribution in [-0.2, 0) is 4.79 Å². The first-order valence-corrected chi connectivity index (χ1v) is 8.83. The maximum absolute atomic E-state index is 13.3. The molecule has 0 bridgehead atoms. The third kappa shape index (κ3) is 3.86. The maximum atomic E-state index is 13.3. The molecule has 2 aliphatic rings. The first-order chi connectivity index (χ1) is 11.0. The molecule has 1 saturated heterocycles. The van der Waals surface area contributed by atoms with E-state index in [1.54, 1.807) is 12.1 Å². The van der Waals surface area contributed by atoms with Gasteiger partial charge in [-0.15, -0.1) is 0 Å². The highest BCUT2D eigenvalue weighted by atomic mass is 35.5. The van der Waals surface area contributed by atoms with Gasteiger partial charge in [0.05, 0.1) is 5.02 Å². The number of likely N-dealkylation sites (tertiary alicyclic amines) is 1. The average Bonchev–Trinajstić information content (AvgIpc) is 3.36. The van der Waals surface area contributed by atoms with Crippen molar-refractivity contribution in [2.45, 2.75) is 45.2 Å². The standard InChI is InChI=1S/C18H24ClFN2O/c1-11-10-22(18(23)13-3-4-13)8-7-17(11)21-12(2)14-5-6-16(20)15(19)9-14/h5-6,9,11-13,17,21H,3-4,7-8,10H2,1-2H3/t11-,12+,17-/m1/s1. The van der Waals surface area contributed by atoms with Gasteiger partial charge in [-0.2, -0.15) is 0 Å². The molecular weight excluding hydrogens is 315 g/mol. The lowest BCUT2D eigenvalue weighted by Crippen LogP contribution is -2.50. The van der Waals surface area contributed by atoms with Crippen molar-refractivity contribution in [1.29, 1.82) is 0 Å². The fourth-order valence-corrected chi connectivity index (χ4v) is 3.57. The molecule has 1 saturated carbocycles. The number of halogens is 2. The summed E-state index contributed by atoms with van der Waals surface area (Å²) < 4.78 is 13.3. The monoisotopic (exact) mass is 338 g/mol. The second-order valence-electron chi connectivity index (χ2n) is 6.99. The normalized spacial score (nSPS) is 26.2. The van der Waals surface area contributed by atoms with Gasteiger partial charge < -0.3 is 10.2 Å². The van der Waals surface area contributed by atoms with Gasteiger partial charge in [-0.1, -0.05) is 24.6 Å². The third-order valence-electron chi connectivity index (χ3n) is 5.05. The van der Waals surface area contributed by atoms with E-state index in [-0.39, 0.29) is 16.9 Å². The van der Waals surface area contributed by atoms with Crippen molar-refractivity contribution in [2.75, 3.05) is 13.1 Å². The highest BCUT2D eigenvalue weighted by Crippen LogP contribution is 2.33. The van der Waals surface area contributed by atoms with E-state index in [2.05, 4.69) is 19.2 Å². The van der Waals surface area contributed by atoms with E-state index in [4.69, 9.17) is 11.6 Å². The molecule has 0 aromatic heterocycles. The Morgan fingerprint density at radius 3 is 2.74 bits per heavy atom. The number of nitrogens with zero attached hydrogens (tertiary/aromatic N) is 1. The van der Waals surface area contributed by atoms with Crippen molar-refractivity contribution in [2.24, 2.45) is 11.8 Å². The summed E-state index contributed by atoms with van der Waals surface area (Å²) in [6, 6.07) is 5.33. The van der Waals surface area contributed by atoms with Gasteiger partial charge >= 0.3 is 0 Å². The zero-order valence-corrected chi connectivity index (χ0v) is 14.4. The maximum Gasteiger partial charge on any atom is 0.225 e. The molecule has 23 heavy (non-hydrogen) atoms. The topological polar surface area (TPSA) is 32.3 Å². The largest absolute Gasteiger partial charge is 0.342 e. The van der Waals surface area contributed by atoms with E-state index in [0.717, 1.165) is 37.9 Å². The molecule has 1 heterocycles. The first-order valence-electron chi connectivity index (χ1n) is 8.45. The Morgan fingerprint density at radius 1 is 1.39 bits per heavy atom. The van der Waals surface area contributed by atoms with Crippen LogP contribution in [0.4, 0.5) is 4.39 Å². The van der Waals surface area contributed by atoms with Crippen molar-refractivity contribution < 1.29 is 9.18 Å². The Hall–Kier alpha value is -1.13. The van der Waals surface area contributed by atoms with Gasteiger partial charge in [0.15, 0.2) is 0 Å². The summed E-state index contributed by atoms with van der Waals surface area (Å²) in [5, 5.41) is 3.78. The number of rotatable bonds is 4. The molecule has 0 unspecified atom stereocenters.